The van der Waals surface area contributed by atoms with Crippen molar-refractivity contribution in [1.29, 1.82) is 0 Å². The molecular formula is C21H20ClNO5. The molecule has 1 atom stereocenters. The molecule has 0 saturated carbocycles. The molecule has 0 aliphatic carbocycles. The Hall–Kier alpha value is -2.86. The first kappa shape index (κ1) is 19.9. The molecular weight excluding hydrogens is 382 g/mol. The number of ether oxygens (including phenoxy) is 2. The third-order valence-electron chi connectivity index (χ3n) is 4.20. The Kier molecular flexibility index (Phi) is 5.70. The zero-order valence-electron chi connectivity index (χ0n) is 15.8. The Morgan fingerprint density at radius 3 is 2.61 bits per heavy atom. The van der Waals surface area contributed by atoms with E-state index in [2.05, 4.69) is 0 Å². The number of hydrogen-bond acceptors (Lipinski definition) is 5. The third kappa shape index (κ3) is 4.02. The minimum Gasteiger partial charge on any atom is -0.489 e. The number of carbonyl (C=O) groups excluding carboxylic acids is 3. The highest BCUT2D eigenvalue weighted by Gasteiger charge is 2.35. The molecule has 0 saturated heterocycles. The smallest absolute Gasteiger partial charge is 0.270 e. The van der Waals surface area contributed by atoms with Gasteiger partial charge < -0.3 is 9.47 Å². The molecule has 0 radical (unpaired) electrons. The van der Waals surface area contributed by atoms with Crippen LogP contribution >= 0.6 is 11.6 Å². The molecule has 0 aromatic heterocycles. The second kappa shape index (κ2) is 8.02. The summed E-state index contributed by atoms with van der Waals surface area (Å²) in [5.41, 5.74) is 0.527. The van der Waals surface area contributed by atoms with Crippen molar-refractivity contribution in [3.8, 4) is 11.5 Å². The van der Waals surface area contributed by atoms with E-state index >= 15 is 0 Å². The van der Waals surface area contributed by atoms with Gasteiger partial charge in [-0.1, -0.05) is 23.7 Å². The van der Waals surface area contributed by atoms with Crippen LogP contribution in [0.1, 0.15) is 41.5 Å². The molecule has 2 aromatic carbocycles. The number of benzene rings is 2. The number of para-hydroxylation sites is 1. The van der Waals surface area contributed by atoms with Crippen molar-refractivity contribution >= 4 is 29.2 Å². The zero-order chi connectivity index (χ0) is 20.4. The first-order chi connectivity index (χ1) is 13.3. The Bertz CT molecular complexity index is 940. The maximum atomic E-state index is 12.8. The molecule has 0 bridgehead atoms. The molecule has 7 heteroatoms. The average molecular weight is 402 g/mol. The maximum Gasteiger partial charge on any atom is 0.270 e. The van der Waals surface area contributed by atoms with Gasteiger partial charge in [-0.3, -0.25) is 19.3 Å². The molecule has 1 heterocycles. The second-order valence-electron chi connectivity index (χ2n) is 6.72. The number of hydrogen-bond donors (Lipinski definition) is 0. The maximum absolute atomic E-state index is 12.8. The summed E-state index contributed by atoms with van der Waals surface area (Å²) in [5.74, 6) is -0.761. The summed E-state index contributed by atoms with van der Waals surface area (Å²) >= 11 is 6.19. The average Bonchev–Trinajstić information content (AvgIpc) is 2.74. The van der Waals surface area contributed by atoms with E-state index < -0.39 is 30.2 Å². The van der Waals surface area contributed by atoms with Gasteiger partial charge in [-0.2, -0.15) is 0 Å². The Morgan fingerprint density at radius 1 is 1.21 bits per heavy atom. The van der Waals surface area contributed by atoms with E-state index in [1.54, 1.807) is 43.3 Å². The van der Waals surface area contributed by atoms with Gasteiger partial charge in [0.15, 0.2) is 11.9 Å². The summed E-state index contributed by atoms with van der Waals surface area (Å²) in [6.45, 7) is 4.88. The summed E-state index contributed by atoms with van der Waals surface area (Å²) < 4.78 is 11.1. The van der Waals surface area contributed by atoms with E-state index in [-0.39, 0.29) is 22.3 Å². The van der Waals surface area contributed by atoms with E-state index in [4.69, 9.17) is 21.1 Å². The topological polar surface area (TPSA) is 72.9 Å². The van der Waals surface area contributed by atoms with Crippen LogP contribution in [0.4, 0.5) is 0 Å². The Morgan fingerprint density at radius 2 is 1.93 bits per heavy atom. The van der Waals surface area contributed by atoms with Gasteiger partial charge in [0.25, 0.3) is 11.8 Å². The van der Waals surface area contributed by atoms with Gasteiger partial charge in [0.1, 0.15) is 11.5 Å². The molecule has 28 heavy (non-hydrogen) atoms. The summed E-state index contributed by atoms with van der Waals surface area (Å²) in [6.07, 6.45) is -0.946. The highest BCUT2D eigenvalue weighted by Crippen LogP contribution is 2.28. The number of ketones is 1. The molecule has 6 nitrogen and oxygen atoms in total. The summed E-state index contributed by atoms with van der Waals surface area (Å²) in [6, 6.07) is 11.2. The molecule has 1 aliphatic rings. The van der Waals surface area contributed by atoms with Crippen LogP contribution in [0.25, 0.3) is 0 Å². The number of nitrogens with zero attached hydrogens (tertiary/aromatic N) is 1. The number of amides is 2. The summed E-state index contributed by atoms with van der Waals surface area (Å²) in [7, 11) is 0. The van der Waals surface area contributed by atoms with Crippen LogP contribution in [0.15, 0.2) is 42.5 Å². The number of imide groups is 1. The van der Waals surface area contributed by atoms with E-state index in [0.29, 0.717) is 11.5 Å². The Balaban J connectivity index is 1.85. The zero-order valence-corrected chi connectivity index (χ0v) is 16.5. The van der Waals surface area contributed by atoms with Crippen LogP contribution in [-0.2, 0) is 4.79 Å². The van der Waals surface area contributed by atoms with Crippen LogP contribution in [0.5, 0.6) is 11.5 Å². The molecule has 3 rings (SSSR count). The monoisotopic (exact) mass is 401 g/mol. The van der Waals surface area contributed by atoms with Crippen molar-refractivity contribution in [2.75, 3.05) is 6.54 Å². The first-order valence-corrected chi connectivity index (χ1v) is 9.26. The van der Waals surface area contributed by atoms with Gasteiger partial charge >= 0.3 is 0 Å². The molecule has 146 valence electrons. The molecule has 1 aliphatic heterocycles. The molecule has 2 aromatic rings. The molecule has 1 unspecified atom stereocenters. The Labute approximate surface area is 168 Å². The highest BCUT2D eigenvalue weighted by atomic mass is 35.5. The fourth-order valence-corrected chi connectivity index (χ4v) is 3.09. The standard InChI is InChI=1S/C21H20ClNO5/c1-12(2)27-19-9-8-14(10-16(19)22)17(24)11-23-20(25)13(3)28-18-7-5-4-6-15(18)21(23)26/h4-10,12-13H,11H2,1-3H3. The van der Waals surface area contributed by atoms with Gasteiger partial charge in [0.2, 0.25) is 0 Å². The van der Waals surface area contributed by atoms with E-state index in [0.717, 1.165) is 4.90 Å². The lowest BCUT2D eigenvalue weighted by Crippen LogP contribution is -2.44. The number of halogens is 1. The fraction of sp³-hybridized carbons (Fsp3) is 0.286. The number of carbonyl (C=O) groups is 3. The van der Waals surface area contributed by atoms with Crippen molar-refractivity contribution in [3.63, 3.8) is 0 Å². The van der Waals surface area contributed by atoms with Crippen LogP contribution < -0.4 is 9.47 Å². The van der Waals surface area contributed by atoms with Gasteiger partial charge in [-0.15, -0.1) is 0 Å². The van der Waals surface area contributed by atoms with E-state index in [1.807, 2.05) is 13.8 Å². The lowest BCUT2D eigenvalue weighted by Gasteiger charge is -2.20. The largest absolute Gasteiger partial charge is 0.489 e. The van der Waals surface area contributed by atoms with E-state index in [1.165, 1.54) is 6.07 Å². The first-order valence-electron chi connectivity index (χ1n) is 8.88. The lowest BCUT2D eigenvalue weighted by molar-refractivity contribution is -0.134. The van der Waals surface area contributed by atoms with Gasteiger partial charge in [-0.25, -0.2) is 0 Å². The van der Waals surface area contributed by atoms with Crippen molar-refractivity contribution in [3.05, 3.63) is 58.6 Å². The van der Waals surface area contributed by atoms with Crippen LogP contribution in [-0.4, -0.2) is 41.3 Å². The fourth-order valence-electron chi connectivity index (χ4n) is 2.86. The number of rotatable bonds is 5. The summed E-state index contributed by atoms with van der Waals surface area (Å²) in [5, 5.41) is 0.287. The minimum atomic E-state index is -0.884. The third-order valence-corrected chi connectivity index (χ3v) is 4.49. The van der Waals surface area contributed by atoms with Crippen molar-refractivity contribution in [2.45, 2.75) is 33.0 Å². The van der Waals surface area contributed by atoms with E-state index in [9.17, 15) is 14.4 Å². The van der Waals surface area contributed by atoms with Crippen LogP contribution in [0.3, 0.4) is 0 Å². The van der Waals surface area contributed by atoms with Gasteiger partial charge in [0, 0.05) is 5.56 Å². The number of Topliss-reactive ketones (excluding diaryl/α,β-unsaturated/α-hetero) is 1. The quantitative estimate of drug-likeness (QED) is 0.563. The normalized spacial score (nSPS) is 16.5. The molecule has 0 spiro atoms. The van der Waals surface area contributed by atoms with Gasteiger partial charge in [-0.05, 0) is 51.1 Å². The minimum absolute atomic E-state index is 0.0621. The van der Waals surface area contributed by atoms with Crippen LogP contribution in [0.2, 0.25) is 5.02 Å². The van der Waals surface area contributed by atoms with Crippen molar-refractivity contribution < 1.29 is 23.9 Å². The second-order valence-corrected chi connectivity index (χ2v) is 7.13. The molecule has 0 N–H and O–H groups in total. The predicted octanol–water partition coefficient (Wildman–Crippen LogP) is 3.76. The van der Waals surface area contributed by atoms with Gasteiger partial charge in [0.05, 0.1) is 23.2 Å². The molecule has 2 amide bonds. The SMILES string of the molecule is CC(C)Oc1ccc(C(=O)CN2C(=O)c3ccccc3OC(C)C2=O)cc1Cl. The van der Waals surface area contributed by atoms with Crippen LogP contribution in [0, 0.1) is 0 Å². The van der Waals surface area contributed by atoms with Crippen molar-refractivity contribution in [1.82, 2.24) is 4.90 Å². The number of fused-ring (bicyclic) bond motifs is 1. The molecule has 0 fully saturated rings. The summed E-state index contributed by atoms with van der Waals surface area (Å²) in [4.78, 5) is 39.1. The van der Waals surface area contributed by atoms with Crippen molar-refractivity contribution in [2.24, 2.45) is 0 Å². The lowest BCUT2D eigenvalue weighted by atomic mass is 10.1. The highest BCUT2D eigenvalue weighted by molar-refractivity contribution is 6.32. The predicted molar refractivity (Wildman–Crippen MR) is 104 cm³/mol.